The Morgan fingerprint density at radius 1 is 1.19 bits per heavy atom. The van der Waals surface area contributed by atoms with Gasteiger partial charge in [-0.05, 0) is 17.7 Å². The van der Waals surface area contributed by atoms with E-state index in [9.17, 15) is 23.4 Å². The molecule has 2 rings (SSSR count). The summed E-state index contributed by atoms with van der Waals surface area (Å²) >= 11 is 0. The number of carbonyl (C=O) groups is 1. The average Bonchev–Trinajstić information content (AvgIpc) is 2.86. The largest absolute Gasteiger partial charge is 0.497 e. The molecule has 4 N–H and O–H groups in total. The average molecular weight is 388 g/mol. The predicted octanol–water partition coefficient (Wildman–Crippen LogP) is -1.26. The van der Waals surface area contributed by atoms with Gasteiger partial charge in [-0.15, -0.1) is 0 Å². The summed E-state index contributed by atoms with van der Waals surface area (Å²) in [6, 6.07) is 7.19. The van der Waals surface area contributed by atoms with Crippen molar-refractivity contribution in [1.82, 2.24) is 10.0 Å². The molecule has 0 radical (unpaired) electrons. The summed E-state index contributed by atoms with van der Waals surface area (Å²) in [5.74, 6) is 0.360. The first-order valence-electron chi connectivity index (χ1n) is 8.05. The van der Waals surface area contributed by atoms with Gasteiger partial charge in [0.05, 0.1) is 25.9 Å². The van der Waals surface area contributed by atoms with Gasteiger partial charge in [-0.3, -0.25) is 4.79 Å². The van der Waals surface area contributed by atoms with E-state index in [4.69, 9.17) is 9.47 Å². The molecule has 26 heavy (non-hydrogen) atoms. The van der Waals surface area contributed by atoms with Gasteiger partial charge in [-0.25, -0.2) is 13.1 Å². The lowest BCUT2D eigenvalue weighted by atomic mass is 10.1. The molecule has 1 aromatic rings. The zero-order valence-electron chi connectivity index (χ0n) is 14.6. The van der Waals surface area contributed by atoms with Gasteiger partial charge in [-0.1, -0.05) is 12.1 Å². The van der Waals surface area contributed by atoms with Crippen LogP contribution < -0.4 is 14.8 Å². The smallest absolute Gasteiger partial charge is 0.222 e. The number of sulfonamides is 1. The highest BCUT2D eigenvalue weighted by Gasteiger charge is 2.43. The zero-order valence-corrected chi connectivity index (χ0v) is 15.4. The molecule has 146 valence electrons. The molecule has 10 heteroatoms. The summed E-state index contributed by atoms with van der Waals surface area (Å²) in [4.78, 5) is 12.1. The van der Waals surface area contributed by atoms with Gasteiger partial charge in [0.2, 0.25) is 15.9 Å². The molecule has 1 amide bonds. The summed E-state index contributed by atoms with van der Waals surface area (Å²) < 4.78 is 34.9. The van der Waals surface area contributed by atoms with E-state index in [0.29, 0.717) is 12.3 Å². The molecule has 0 spiro atoms. The van der Waals surface area contributed by atoms with E-state index in [1.54, 1.807) is 19.2 Å². The minimum absolute atomic E-state index is 0.149. The first kappa shape index (κ1) is 20.6. The number of hydrogen-bond donors (Lipinski definition) is 4. The summed E-state index contributed by atoms with van der Waals surface area (Å²) in [5.41, 5.74) is 0.877. The van der Waals surface area contributed by atoms with Gasteiger partial charge >= 0.3 is 0 Å². The highest BCUT2D eigenvalue weighted by atomic mass is 32.2. The van der Waals surface area contributed by atoms with E-state index in [-0.39, 0.29) is 18.9 Å². The van der Waals surface area contributed by atoms with E-state index in [1.807, 2.05) is 12.1 Å². The maximum atomic E-state index is 12.1. The second kappa shape index (κ2) is 8.78. The summed E-state index contributed by atoms with van der Waals surface area (Å²) in [6.07, 6.45) is -3.54. The Bertz CT molecular complexity index is 708. The highest BCUT2D eigenvalue weighted by Crippen LogP contribution is 2.23. The third kappa shape index (κ3) is 5.92. The summed E-state index contributed by atoms with van der Waals surface area (Å²) in [7, 11) is -1.88. The SMILES string of the molecule is COc1ccc(CNC(=O)CC2OC(CNS(C)(=O)=O)C(O)C2O)cc1. The van der Waals surface area contributed by atoms with E-state index in [0.717, 1.165) is 11.8 Å². The van der Waals surface area contributed by atoms with Gasteiger partial charge in [0.1, 0.15) is 24.1 Å². The monoisotopic (exact) mass is 388 g/mol. The van der Waals surface area contributed by atoms with Crippen LogP contribution in [-0.2, 0) is 26.1 Å². The quantitative estimate of drug-likeness (QED) is 0.437. The van der Waals surface area contributed by atoms with E-state index in [2.05, 4.69) is 10.0 Å². The number of methoxy groups -OCH3 is 1. The standard InChI is InChI=1S/C16H24N2O7S/c1-24-11-5-3-10(4-6-11)8-17-14(19)7-12-15(20)16(21)13(25-12)9-18-26(2,22)23/h3-6,12-13,15-16,18,20-21H,7-9H2,1-2H3,(H,17,19). The second-order valence-corrected chi connectivity index (χ2v) is 7.98. The maximum absolute atomic E-state index is 12.1. The van der Waals surface area contributed by atoms with Gasteiger partial charge in [0, 0.05) is 13.1 Å². The van der Waals surface area contributed by atoms with E-state index in [1.165, 1.54) is 0 Å². The van der Waals surface area contributed by atoms with E-state index < -0.39 is 34.4 Å². The second-order valence-electron chi connectivity index (χ2n) is 6.14. The molecule has 9 nitrogen and oxygen atoms in total. The number of hydrogen-bond acceptors (Lipinski definition) is 7. The molecule has 4 unspecified atom stereocenters. The molecule has 0 bridgehead atoms. The lowest BCUT2D eigenvalue weighted by Gasteiger charge is -2.14. The van der Waals surface area contributed by atoms with Crippen LogP contribution in [0.5, 0.6) is 5.75 Å². The third-order valence-corrected chi connectivity index (χ3v) is 4.73. The lowest BCUT2D eigenvalue weighted by molar-refractivity contribution is -0.125. The van der Waals surface area contributed by atoms with Crippen LogP contribution in [0.2, 0.25) is 0 Å². The van der Waals surface area contributed by atoms with Crippen LogP contribution in [0.1, 0.15) is 12.0 Å². The van der Waals surface area contributed by atoms with Crippen molar-refractivity contribution in [3.8, 4) is 5.75 Å². The molecule has 1 aromatic carbocycles. The molecule has 1 aliphatic heterocycles. The predicted molar refractivity (Wildman–Crippen MR) is 93.0 cm³/mol. The van der Waals surface area contributed by atoms with Crippen molar-refractivity contribution >= 4 is 15.9 Å². The van der Waals surface area contributed by atoms with Crippen LogP contribution in [0.4, 0.5) is 0 Å². The summed E-state index contributed by atoms with van der Waals surface area (Å²) in [6.45, 7) is 0.119. The fraction of sp³-hybridized carbons (Fsp3) is 0.562. The minimum Gasteiger partial charge on any atom is -0.497 e. The molecule has 4 atom stereocenters. The molecule has 1 aliphatic rings. The zero-order chi connectivity index (χ0) is 19.3. The molecule has 1 saturated heterocycles. The fourth-order valence-corrected chi connectivity index (χ4v) is 3.06. The van der Waals surface area contributed by atoms with Gasteiger partial charge in [0.15, 0.2) is 0 Å². The van der Waals surface area contributed by atoms with Crippen molar-refractivity contribution in [2.75, 3.05) is 19.9 Å². The normalized spacial score (nSPS) is 25.8. The molecule has 0 aromatic heterocycles. The van der Waals surface area contributed by atoms with Crippen molar-refractivity contribution in [3.63, 3.8) is 0 Å². The Balaban J connectivity index is 1.82. The highest BCUT2D eigenvalue weighted by molar-refractivity contribution is 7.88. The number of carbonyl (C=O) groups excluding carboxylic acids is 1. The van der Waals surface area contributed by atoms with Crippen molar-refractivity contribution < 1.29 is 32.9 Å². The Kier molecular flexibility index (Phi) is 6.95. The van der Waals surface area contributed by atoms with Crippen LogP contribution in [-0.4, -0.2) is 68.9 Å². The molecule has 1 heterocycles. The maximum Gasteiger partial charge on any atom is 0.222 e. The molecular weight excluding hydrogens is 364 g/mol. The number of aliphatic hydroxyl groups is 2. The topological polar surface area (TPSA) is 134 Å². The van der Waals surface area contributed by atoms with Crippen LogP contribution in [0.15, 0.2) is 24.3 Å². The van der Waals surface area contributed by atoms with Crippen LogP contribution >= 0.6 is 0 Å². The third-order valence-electron chi connectivity index (χ3n) is 4.04. The molecular formula is C16H24N2O7S. The Morgan fingerprint density at radius 3 is 2.38 bits per heavy atom. The van der Waals surface area contributed by atoms with Crippen LogP contribution in [0.3, 0.4) is 0 Å². The van der Waals surface area contributed by atoms with Crippen molar-refractivity contribution in [2.45, 2.75) is 37.4 Å². The lowest BCUT2D eigenvalue weighted by Crippen LogP contribution is -2.39. The van der Waals surface area contributed by atoms with Gasteiger partial charge in [0.25, 0.3) is 0 Å². The Labute approximate surface area is 152 Å². The number of nitrogens with one attached hydrogen (secondary N) is 2. The molecule has 0 aliphatic carbocycles. The molecule has 1 fully saturated rings. The fourth-order valence-electron chi connectivity index (χ4n) is 2.60. The number of aliphatic hydroxyl groups excluding tert-OH is 2. The van der Waals surface area contributed by atoms with Crippen LogP contribution in [0, 0.1) is 0 Å². The number of benzene rings is 1. The number of ether oxygens (including phenoxy) is 2. The Hall–Kier alpha value is -1.72. The van der Waals surface area contributed by atoms with Crippen molar-refractivity contribution in [2.24, 2.45) is 0 Å². The summed E-state index contributed by atoms with van der Waals surface area (Å²) in [5, 5.41) is 22.7. The van der Waals surface area contributed by atoms with Crippen LogP contribution in [0.25, 0.3) is 0 Å². The van der Waals surface area contributed by atoms with Gasteiger partial charge in [-0.2, -0.15) is 0 Å². The first-order valence-corrected chi connectivity index (χ1v) is 9.94. The Morgan fingerprint density at radius 2 is 1.81 bits per heavy atom. The number of rotatable bonds is 8. The van der Waals surface area contributed by atoms with Gasteiger partial charge < -0.3 is 25.0 Å². The minimum atomic E-state index is -3.45. The number of amides is 1. The van der Waals surface area contributed by atoms with Crippen molar-refractivity contribution in [3.05, 3.63) is 29.8 Å². The first-order chi connectivity index (χ1) is 12.2. The van der Waals surface area contributed by atoms with Crippen molar-refractivity contribution in [1.29, 1.82) is 0 Å². The molecule has 0 saturated carbocycles. The van der Waals surface area contributed by atoms with E-state index >= 15 is 0 Å².